The summed E-state index contributed by atoms with van der Waals surface area (Å²) in [6, 6.07) is 0.541. The zero-order chi connectivity index (χ0) is 14.0. The summed E-state index contributed by atoms with van der Waals surface area (Å²) in [6.07, 6.45) is 4.46. The van der Waals surface area contributed by atoms with Crippen LogP contribution in [0.1, 0.15) is 39.5 Å². The van der Waals surface area contributed by atoms with Crippen molar-refractivity contribution in [3.05, 3.63) is 0 Å². The molecule has 0 radical (unpaired) electrons. The van der Waals surface area contributed by atoms with E-state index in [1.165, 1.54) is 25.8 Å². The molecule has 0 aliphatic carbocycles. The third-order valence-corrected chi connectivity index (χ3v) is 5.30. The summed E-state index contributed by atoms with van der Waals surface area (Å²) in [5.41, 5.74) is 5.12. The van der Waals surface area contributed by atoms with Gasteiger partial charge in [0.2, 0.25) is 5.91 Å². The van der Waals surface area contributed by atoms with E-state index in [2.05, 4.69) is 4.90 Å². The van der Waals surface area contributed by atoms with Crippen molar-refractivity contribution in [2.75, 3.05) is 26.2 Å². The van der Waals surface area contributed by atoms with Crippen LogP contribution in [0.5, 0.6) is 0 Å². The Hall–Kier alpha value is -0.680. The first-order valence-corrected chi connectivity index (χ1v) is 7.73. The molecule has 0 aromatic heterocycles. The summed E-state index contributed by atoms with van der Waals surface area (Å²) in [5, 5.41) is 0. The number of rotatable bonds is 3. The van der Waals surface area contributed by atoms with E-state index in [0.717, 1.165) is 19.6 Å². The highest BCUT2D eigenvalue weighted by Crippen LogP contribution is 2.28. The number of thiocarbonyl (C=S) groups is 1. The van der Waals surface area contributed by atoms with Gasteiger partial charge in [0.05, 0.1) is 10.4 Å². The molecule has 108 valence electrons. The SMILES string of the molecule is CCC(C)(C(=O)N1CCN2CCCCC2C1)C(N)=S. The molecule has 0 spiro atoms. The average Bonchev–Trinajstić information content (AvgIpc) is 2.44. The highest BCUT2D eigenvalue weighted by atomic mass is 32.1. The van der Waals surface area contributed by atoms with Crippen molar-refractivity contribution < 1.29 is 4.79 Å². The molecule has 0 bridgehead atoms. The molecule has 2 saturated heterocycles. The van der Waals surface area contributed by atoms with Gasteiger partial charge in [0.25, 0.3) is 0 Å². The lowest BCUT2D eigenvalue weighted by Gasteiger charge is -2.46. The zero-order valence-corrected chi connectivity index (χ0v) is 12.8. The number of fused-ring (bicyclic) bond motifs is 1. The summed E-state index contributed by atoms with van der Waals surface area (Å²) in [6.45, 7) is 7.70. The Morgan fingerprint density at radius 3 is 2.74 bits per heavy atom. The van der Waals surface area contributed by atoms with E-state index >= 15 is 0 Å². The molecule has 2 aliphatic heterocycles. The van der Waals surface area contributed by atoms with Gasteiger partial charge in [-0.2, -0.15) is 0 Å². The number of piperazine rings is 1. The van der Waals surface area contributed by atoms with Crippen LogP contribution in [0.4, 0.5) is 0 Å². The lowest BCUT2D eigenvalue weighted by Crippen LogP contribution is -2.59. The van der Waals surface area contributed by atoms with Gasteiger partial charge in [0, 0.05) is 25.7 Å². The van der Waals surface area contributed by atoms with Crippen LogP contribution in [0.25, 0.3) is 0 Å². The van der Waals surface area contributed by atoms with E-state index in [-0.39, 0.29) is 5.91 Å². The molecule has 2 atom stereocenters. The molecular weight excluding hydrogens is 258 g/mol. The molecule has 0 aromatic rings. The fourth-order valence-corrected chi connectivity index (χ4v) is 3.35. The second-order valence-corrected chi connectivity index (χ2v) is 6.43. The van der Waals surface area contributed by atoms with Gasteiger partial charge in [-0.05, 0) is 32.7 Å². The Morgan fingerprint density at radius 1 is 1.37 bits per heavy atom. The fourth-order valence-electron chi connectivity index (χ4n) is 3.12. The second-order valence-electron chi connectivity index (χ2n) is 5.99. The number of nitrogens with two attached hydrogens (primary N) is 1. The minimum atomic E-state index is -0.674. The van der Waals surface area contributed by atoms with Crippen LogP contribution in [0.3, 0.4) is 0 Å². The molecule has 2 fully saturated rings. The lowest BCUT2D eigenvalue weighted by atomic mass is 9.85. The van der Waals surface area contributed by atoms with E-state index in [0.29, 0.717) is 17.5 Å². The predicted octanol–water partition coefficient (Wildman–Crippen LogP) is 1.39. The third-order valence-electron chi connectivity index (χ3n) is 4.85. The van der Waals surface area contributed by atoms with Gasteiger partial charge in [0.1, 0.15) is 0 Å². The number of amides is 1. The number of hydrogen-bond acceptors (Lipinski definition) is 3. The van der Waals surface area contributed by atoms with Crippen LogP contribution >= 0.6 is 12.2 Å². The summed E-state index contributed by atoms with van der Waals surface area (Å²) < 4.78 is 0. The Balaban J connectivity index is 2.06. The van der Waals surface area contributed by atoms with Crippen molar-refractivity contribution in [2.45, 2.75) is 45.6 Å². The largest absolute Gasteiger partial charge is 0.392 e. The Morgan fingerprint density at radius 2 is 2.11 bits per heavy atom. The highest BCUT2D eigenvalue weighted by molar-refractivity contribution is 7.80. The van der Waals surface area contributed by atoms with Gasteiger partial charge in [-0.25, -0.2) is 0 Å². The number of nitrogens with zero attached hydrogens (tertiary/aromatic N) is 2. The van der Waals surface area contributed by atoms with E-state index < -0.39 is 5.41 Å². The topological polar surface area (TPSA) is 49.6 Å². The molecule has 5 heteroatoms. The van der Waals surface area contributed by atoms with Gasteiger partial charge in [-0.1, -0.05) is 25.6 Å². The van der Waals surface area contributed by atoms with Gasteiger partial charge in [-0.3, -0.25) is 9.69 Å². The molecule has 1 amide bonds. The predicted molar refractivity (Wildman–Crippen MR) is 81.0 cm³/mol. The van der Waals surface area contributed by atoms with Gasteiger partial charge in [0.15, 0.2) is 0 Å². The summed E-state index contributed by atoms with van der Waals surface area (Å²) in [4.78, 5) is 17.5. The van der Waals surface area contributed by atoms with Crippen molar-refractivity contribution in [2.24, 2.45) is 11.1 Å². The highest BCUT2D eigenvalue weighted by Gasteiger charge is 2.40. The smallest absolute Gasteiger partial charge is 0.235 e. The van der Waals surface area contributed by atoms with Crippen LogP contribution in [0, 0.1) is 5.41 Å². The van der Waals surface area contributed by atoms with Gasteiger partial charge < -0.3 is 10.6 Å². The molecule has 4 nitrogen and oxygen atoms in total. The maximum absolute atomic E-state index is 12.7. The van der Waals surface area contributed by atoms with Crippen LogP contribution < -0.4 is 5.73 Å². The summed E-state index contributed by atoms with van der Waals surface area (Å²) in [7, 11) is 0. The number of piperidine rings is 1. The summed E-state index contributed by atoms with van der Waals surface area (Å²) >= 11 is 5.11. The first-order valence-electron chi connectivity index (χ1n) is 7.32. The minimum absolute atomic E-state index is 0.118. The molecule has 2 rings (SSSR count). The molecule has 19 heavy (non-hydrogen) atoms. The van der Waals surface area contributed by atoms with Crippen molar-refractivity contribution in [3.63, 3.8) is 0 Å². The van der Waals surface area contributed by atoms with Gasteiger partial charge in [-0.15, -0.1) is 0 Å². The third kappa shape index (κ3) is 2.77. The Labute approximate surface area is 121 Å². The minimum Gasteiger partial charge on any atom is -0.392 e. The molecule has 2 N–H and O–H groups in total. The number of hydrogen-bond donors (Lipinski definition) is 1. The fraction of sp³-hybridized carbons (Fsp3) is 0.857. The summed E-state index contributed by atoms with van der Waals surface area (Å²) in [5.74, 6) is 0.118. The molecule has 2 unspecified atom stereocenters. The monoisotopic (exact) mass is 283 g/mol. The van der Waals surface area contributed by atoms with Crippen LogP contribution in [0.15, 0.2) is 0 Å². The van der Waals surface area contributed by atoms with Crippen molar-refractivity contribution in [1.29, 1.82) is 0 Å². The Bertz CT molecular complexity index is 374. The van der Waals surface area contributed by atoms with E-state index in [1.807, 2.05) is 18.7 Å². The molecule has 0 aromatic carbocycles. The Kier molecular flexibility index (Phi) is 4.46. The zero-order valence-electron chi connectivity index (χ0n) is 12.0. The second kappa shape index (κ2) is 5.75. The molecular formula is C14H25N3OS. The van der Waals surface area contributed by atoms with Crippen LogP contribution in [-0.4, -0.2) is 52.9 Å². The maximum Gasteiger partial charge on any atom is 0.235 e. The normalized spacial score (nSPS) is 27.5. The van der Waals surface area contributed by atoms with Crippen LogP contribution in [0.2, 0.25) is 0 Å². The van der Waals surface area contributed by atoms with E-state index in [9.17, 15) is 4.79 Å². The van der Waals surface area contributed by atoms with Crippen molar-refractivity contribution in [3.8, 4) is 0 Å². The maximum atomic E-state index is 12.7. The van der Waals surface area contributed by atoms with E-state index in [4.69, 9.17) is 18.0 Å². The molecule has 2 aliphatic rings. The number of carbonyl (C=O) groups excluding carboxylic acids is 1. The van der Waals surface area contributed by atoms with Crippen molar-refractivity contribution in [1.82, 2.24) is 9.80 Å². The lowest BCUT2D eigenvalue weighted by molar-refractivity contribution is -0.141. The first-order chi connectivity index (χ1) is 8.99. The molecule has 2 heterocycles. The van der Waals surface area contributed by atoms with Crippen molar-refractivity contribution >= 4 is 23.1 Å². The molecule has 0 saturated carbocycles. The standard InChI is InChI=1S/C14H25N3OS/c1-3-14(2,12(15)19)13(18)17-9-8-16-7-5-4-6-11(16)10-17/h11H,3-10H2,1-2H3,(H2,15,19). The quantitative estimate of drug-likeness (QED) is 0.795. The number of carbonyl (C=O) groups is 1. The average molecular weight is 283 g/mol. The van der Waals surface area contributed by atoms with Gasteiger partial charge >= 0.3 is 0 Å². The van der Waals surface area contributed by atoms with Crippen LogP contribution in [-0.2, 0) is 4.79 Å². The van der Waals surface area contributed by atoms with E-state index in [1.54, 1.807) is 0 Å². The first kappa shape index (κ1) is 14.7.